The molecule has 2 atom stereocenters. The summed E-state index contributed by atoms with van der Waals surface area (Å²) in [6.07, 6.45) is 7.33. The zero-order valence-electron chi connectivity index (χ0n) is 13.4. The molecule has 1 aromatic carbocycles. The Balaban J connectivity index is 2.49. The van der Waals surface area contributed by atoms with Crippen LogP contribution in [0, 0.1) is 5.92 Å². The number of hydrogen-bond donors (Lipinski definition) is 0. The van der Waals surface area contributed by atoms with E-state index >= 15 is 0 Å². The van der Waals surface area contributed by atoms with Crippen molar-refractivity contribution in [1.29, 1.82) is 0 Å². The number of hydrogen-bond acceptors (Lipinski definition) is 0. The number of allylic oxidation sites excluding steroid dienone is 4. The SMILES string of the molecule is CCC1=C[C@@H](c2ccccc2)[C@@H](CC)C(CC)=C1CC. The molecule has 1 aliphatic carbocycles. The summed E-state index contributed by atoms with van der Waals surface area (Å²) in [6, 6.07) is 11.0. The average molecular weight is 268 g/mol. The van der Waals surface area contributed by atoms with E-state index in [0.29, 0.717) is 11.8 Å². The Hall–Kier alpha value is -1.30. The number of rotatable bonds is 5. The summed E-state index contributed by atoms with van der Waals surface area (Å²) >= 11 is 0. The third kappa shape index (κ3) is 2.75. The third-order valence-electron chi connectivity index (χ3n) is 4.78. The minimum atomic E-state index is 0.571. The molecule has 0 saturated carbocycles. The molecule has 0 aliphatic heterocycles. The summed E-state index contributed by atoms with van der Waals surface area (Å²) in [5.41, 5.74) is 6.42. The highest BCUT2D eigenvalue weighted by Crippen LogP contribution is 2.44. The normalized spacial score (nSPS) is 22.9. The molecule has 0 saturated heterocycles. The predicted molar refractivity (Wildman–Crippen MR) is 88.9 cm³/mol. The Morgan fingerprint density at radius 2 is 1.55 bits per heavy atom. The van der Waals surface area contributed by atoms with E-state index in [4.69, 9.17) is 0 Å². The molecule has 108 valence electrons. The fourth-order valence-electron chi connectivity index (χ4n) is 3.85. The van der Waals surface area contributed by atoms with Gasteiger partial charge in [-0.15, -0.1) is 0 Å². The van der Waals surface area contributed by atoms with Crippen LogP contribution in [0.25, 0.3) is 0 Å². The Bertz CT molecular complexity index is 490. The average Bonchev–Trinajstić information content (AvgIpc) is 2.53. The second-order valence-electron chi connectivity index (χ2n) is 5.71. The van der Waals surface area contributed by atoms with Crippen molar-refractivity contribution in [1.82, 2.24) is 0 Å². The van der Waals surface area contributed by atoms with E-state index in [1.807, 2.05) is 0 Å². The summed E-state index contributed by atoms with van der Waals surface area (Å²) in [4.78, 5) is 0. The Kier molecular flexibility index (Phi) is 5.23. The van der Waals surface area contributed by atoms with Crippen molar-refractivity contribution in [3.63, 3.8) is 0 Å². The van der Waals surface area contributed by atoms with Crippen LogP contribution in [-0.4, -0.2) is 0 Å². The molecule has 0 spiro atoms. The van der Waals surface area contributed by atoms with Crippen molar-refractivity contribution in [2.24, 2.45) is 5.92 Å². The van der Waals surface area contributed by atoms with Gasteiger partial charge in [-0.25, -0.2) is 0 Å². The highest BCUT2D eigenvalue weighted by Gasteiger charge is 2.29. The lowest BCUT2D eigenvalue weighted by Crippen LogP contribution is -2.20. The van der Waals surface area contributed by atoms with Gasteiger partial charge in [-0.05, 0) is 48.3 Å². The van der Waals surface area contributed by atoms with Crippen LogP contribution in [0.5, 0.6) is 0 Å². The Labute approximate surface area is 124 Å². The third-order valence-corrected chi connectivity index (χ3v) is 4.78. The van der Waals surface area contributed by atoms with Crippen LogP contribution in [0.15, 0.2) is 53.1 Å². The van der Waals surface area contributed by atoms with E-state index in [1.165, 1.54) is 24.8 Å². The van der Waals surface area contributed by atoms with Crippen molar-refractivity contribution >= 4 is 0 Å². The van der Waals surface area contributed by atoms with E-state index in [-0.39, 0.29) is 0 Å². The first-order chi connectivity index (χ1) is 9.76. The quantitative estimate of drug-likeness (QED) is 0.591. The molecule has 0 heterocycles. The van der Waals surface area contributed by atoms with Crippen LogP contribution in [0.3, 0.4) is 0 Å². The predicted octanol–water partition coefficient (Wildman–Crippen LogP) is 6.26. The molecule has 0 bridgehead atoms. The minimum absolute atomic E-state index is 0.571. The topological polar surface area (TPSA) is 0 Å². The molecule has 1 aromatic rings. The Morgan fingerprint density at radius 3 is 2.05 bits per heavy atom. The summed E-state index contributed by atoms with van der Waals surface area (Å²) in [5.74, 6) is 1.26. The van der Waals surface area contributed by atoms with Gasteiger partial charge in [0.2, 0.25) is 0 Å². The van der Waals surface area contributed by atoms with Crippen LogP contribution in [-0.2, 0) is 0 Å². The van der Waals surface area contributed by atoms with Crippen LogP contribution in [0.4, 0.5) is 0 Å². The van der Waals surface area contributed by atoms with Crippen LogP contribution >= 0.6 is 0 Å². The highest BCUT2D eigenvalue weighted by atomic mass is 14.3. The van der Waals surface area contributed by atoms with Crippen molar-refractivity contribution in [2.75, 3.05) is 0 Å². The molecular weight excluding hydrogens is 240 g/mol. The largest absolute Gasteiger partial charge is 0.0729 e. The standard InChI is InChI=1S/C20H28/c1-5-15-14-20(16-12-10-9-11-13-16)19(8-4)18(7-3)17(15)6-2/h9-14,19-20H,5-8H2,1-4H3/t19-,20-/m0/s1. The molecule has 1 aliphatic rings. The molecule has 20 heavy (non-hydrogen) atoms. The molecule has 0 amide bonds. The van der Waals surface area contributed by atoms with Crippen LogP contribution in [0.2, 0.25) is 0 Å². The van der Waals surface area contributed by atoms with E-state index in [1.54, 1.807) is 16.7 Å². The van der Waals surface area contributed by atoms with Crippen molar-refractivity contribution in [3.05, 3.63) is 58.7 Å². The van der Waals surface area contributed by atoms with Crippen molar-refractivity contribution in [2.45, 2.75) is 59.3 Å². The summed E-state index contributed by atoms with van der Waals surface area (Å²) in [7, 11) is 0. The number of benzene rings is 1. The fraction of sp³-hybridized carbons (Fsp3) is 0.500. The maximum absolute atomic E-state index is 2.56. The first-order valence-electron chi connectivity index (χ1n) is 8.24. The van der Waals surface area contributed by atoms with Gasteiger partial charge in [-0.3, -0.25) is 0 Å². The fourth-order valence-corrected chi connectivity index (χ4v) is 3.85. The molecule has 2 rings (SSSR count). The van der Waals surface area contributed by atoms with Gasteiger partial charge in [-0.2, -0.15) is 0 Å². The monoisotopic (exact) mass is 268 g/mol. The van der Waals surface area contributed by atoms with Crippen molar-refractivity contribution < 1.29 is 0 Å². The van der Waals surface area contributed by atoms with Gasteiger partial charge in [0.1, 0.15) is 0 Å². The first-order valence-corrected chi connectivity index (χ1v) is 8.24. The highest BCUT2D eigenvalue weighted by molar-refractivity contribution is 5.45. The first kappa shape index (κ1) is 15.1. The molecule has 0 heteroatoms. The van der Waals surface area contributed by atoms with Gasteiger partial charge < -0.3 is 0 Å². The van der Waals surface area contributed by atoms with Gasteiger partial charge >= 0.3 is 0 Å². The summed E-state index contributed by atoms with van der Waals surface area (Å²) in [6.45, 7) is 9.27. The van der Waals surface area contributed by atoms with E-state index in [9.17, 15) is 0 Å². The zero-order valence-corrected chi connectivity index (χ0v) is 13.4. The van der Waals surface area contributed by atoms with Gasteiger partial charge in [0.15, 0.2) is 0 Å². The lowest BCUT2D eigenvalue weighted by atomic mass is 9.70. The molecule has 0 fully saturated rings. The van der Waals surface area contributed by atoms with E-state index in [2.05, 4.69) is 64.1 Å². The second-order valence-corrected chi connectivity index (χ2v) is 5.71. The van der Waals surface area contributed by atoms with E-state index < -0.39 is 0 Å². The molecule has 0 nitrogen and oxygen atoms in total. The summed E-state index contributed by atoms with van der Waals surface area (Å²) in [5, 5.41) is 0. The molecule has 0 aromatic heterocycles. The molecule has 0 radical (unpaired) electrons. The van der Waals surface area contributed by atoms with E-state index in [0.717, 1.165) is 6.42 Å². The van der Waals surface area contributed by atoms with Crippen LogP contribution in [0.1, 0.15) is 64.9 Å². The molecule has 0 N–H and O–H groups in total. The smallest absolute Gasteiger partial charge is 0.00894 e. The van der Waals surface area contributed by atoms with Gasteiger partial charge in [0.05, 0.1) is 0 Å². The Morgan fingerprint density at radius 1 is 0.850 bits per heavy atom. The van der Waals surface area contributed by atoms with Gasteiger partial charge in [0.25, 0.3) is 0 Å². The van der Waals surface area contributed by atoms with Gasteiger partial charge in [0, 0.05) is 5.92 Å². The van der Waals surface area contributed by atoms with Crippen molar-refractivity contribution in [3.8, 4) is 0 Å². The van der Waals surface area contributed by atoms with Gasteiger partial charge in [-0.1, -0.05) is 69.7 Å². The second kappa shape index (κ2) is 6.92. The minimum Gasteiger partial charge on any atom is -0.0729 e. The lowest BCUT2D eigenvalue weighted by molar-refractivity contribution is 0.501. The summed E-state index contributed by atoms with van der Waals surface area (Å²) < 4.78 is 0. The maximum atomic E-state index is 2.56. The lowest BCUT2D eigenvalue weighted by Gasteiger charge is -2.34. The maximum Gasteiger partial charge on any atom is 0.00894 e. The molecule has 0 unspecified atom stereocenters. The zero-order chi connectivity index (χ0) is 14.5. The molecular formula is C20H28. The van der Waals surface area contributed by atoms with Crippen LogP contribution < -0.4 is 0 Å².